The Morgan fingerprint density at radius 2 is 2.11 bits per heavy atom. The Bertz CT molecular complexity index is 302. The van der Waals surface area contributed by atoms with Gasteiger partial charge in [-0.05, 0) is 18.0 Å². The van der Waals surface area contributed by atoms with Gasteiger partial charge in [0.25, 0.3) is 0 Å². The van der Waals surface area contributed by atoms with Crippen LogP contribution in [-0.2, 0) is 16.0 Å². The lowest BCUT2D eigenvalue weighted by Crippen LogP contribution is -2.42. The third-order valence-corrected chi connectivity index (χ3v) is 3.99. The molecule has 1 rings (SSSR count). The van der Waals surface area contributed by atoms with Gasteiger partial charge in [-0.3, -0.25) is 4.90 Å². The highest BCUT2D eigenvalue weighted by molar-refractivity contribution is 7.09. The van der Waals surface area contributed by atoms with E-state index >= 15 is 0 Å². The highest BCUT2D eigenvalue weighted by Gasteiger charge is 2.20. The average molecular weight is 272 g/mol. The largest absolute Gasteiger partial charge is 0.356 e. The van der Waals surface area contributed by atoms with Crippen molar-refractivity contribution in [2.75, 3.05) is 27.3 Å². The van der Waals surface area contributed by atoms with Crippen LogP contribution >= 0.6 is 11.3 Å². The minimum Gasteiger partial charge on any atom is -0.356 e. The first kappa shape index (κ1) is 15.6. The second-order valence-corrected chi connectivity index (χ2v) is 5.20. The molecule has 0 amide bonds. The van der Waals surface area contributed by atoms with Crippen LogP contribution in [0.15, 0.2) is 17.5 Å². The fourth-order valence-corrected chi connectivity index (χ4v) is 2.74. The molecule has 4 nitrogen and oxygen atoms in total. The maximum absolute atomic E-state index is 5.89. The summed E-state index contributed by atoms with van der Waals surface area (Å²) in [6.07, 6.45) is 0.610. The zero-order valence-corrected chi connectivity index (χ0v) is 12.3. The molecule has 1 unspecified atom stereocenters. The molecule has 0 bridgehead atoms. The van der Waals surface area contributed by atoms with Crippen LogP contribution < -0.4 is 5.73 Å². The minimum absolute atomic E-state index is 0.184. The van der Waals surface area contributed by atoms with Crippen LogP contribution in [-0.4, -0.2) is 44.5 Å². The average Bonchev–Trinajstić information content (AvgIpc) is 2.91. The zero-order valence-electron chi connectivity index (χ0n) is 11.5. The number of thiophene rings is 1. The molecule has 0 aliphatic heterocycles. The summed E-state index contributed by atoms with van der Waals surface area (Å²) in [5.74, 6) is 0. The first-order chi connectivity index (χ1) is 8.74. The Morgan fingerprint density at radius 3 is 2.56 bits per heavy atom. The topological polar surface area (TPSA) is 47.7 Å². The van der Waals surface area contributed by atoms with Crippen molar-refractivity contribution in [1.82, 2.24) is 4.90 Å². The first-order valence-electron chi connectivity index (χ1n) is 6.27. The van der Waals surface area contributed by atoms with Crippen molar-refractivity contribution in [3.63, 3.8) is 0 Å². The fraction of sp³-hybridized carbons (Fsp3) is 0.692. The second-order valence-electron chi connectivity index (χ2n) is 4.17. The van der Waals surface area contributed by atoms with Crippen molar-refractivity contribution in [2.24, 2.45) is 5.73 Å². The Balaban J connectivity index is 2.59. The van der Waals surface area contributed by atoms with Crippen molar-refractivity contribution in [3.8, 4) is 0 Å². The van der Waals surface area contributed by atoms with Gasteiger partial charge in [-0.2, -0.15) is 0 Å². The molecule has 1 atom stereocenters. The van der Waals surface area contributed by atoms with Crippen LogP contribution in [0.2, 0.25) is 0 Å². The normalized spacial score (nSPS) is 13.4. The zero-order chi connectivity index (χ0) is 13.4. The molecule has 0 saturated carbocycles. The summed E-state index contributed by atoms with van der Waals surface area (Å²) in [5.41, 5.74) is 5.89. The van der Waals surface area contributed by atoms with E-state index in [0.717, 1.165) is 19.5 Å². The number of methoxy groups -OCH3 is 2. The number of hydrogen-bond acceptors (Lipinski definition) is 5. The van der Waals surface area contributed by atoms with Gasteiger partial charge in [0.1, 0.15) is 0 Å². The predicted molar refractivity (Wildman–Crippen MR) is 75.7 cm³/mol. The van der Waals surface area contributed by atoms with E-state index in [-0.39, 0.29) is 12.3 Å². The van der Waals surface area contributed by atoms with Gasteiger partial charge in [0.15, 0.2) is 6.29 Å². The number of ether oxygens (including phenoxy) is 2. The van der Waals surface area contributed by atoms with Gasteiger partial charge < -0.3 is 15.2 Å². The molecule has 18 heavy (non-hydrogen) atoms. The first-order valence-corrected chi connectivity index (χ1v) is 7.15. The number of nitrogens with two attached hydrogens (primary N) is 1. The molecule has 1 aromatic heterocycles. The van der Waals surface area contributed by atoms with Crippen LogP contribution in [0.1, 0.15) is 18.2 Å². The van der Waals surface area contributed by atoms with Crippen LogP contribution in [0, 0.1) is 0 Å². The molecule has 5 heteroatoms. The lowest BCUT2D eigenvalue weighted by atomic mass is 10.1. The molecule has 0 aliphatic carbocycles. The molecular formula is C13H24N2O2S. The van der Waals surface area contributed by atoms with E-state index in [1.165, 1.54) is 4.88 Å². The van der Waals surface area contributed by atoms with Crippen LogP contribution in [0.3, 0.4) is 0 Å². The van der Waals surface area contributed by atoms with Crippen LogP contribution in [0.25, 0.3) is 0 Å². The number of hydrogen-bond donors (Lipinski definition) is 1. The van der Waals surface area contributed by atoms with Crippen molar-refractivity contribution in [3.05, 3.63) is 22.4 Å². The Hall–Kier alpha value is -0.460. The van der Waals surface area contributed by atoms with Gasteiger partial charge in [-0.25, -0.2) is 0 Å². The molecular weight excluding hydrogens is 248 g/mol. The Kier molecular flexibility index (Phi) is 7.46. The quantitative estimate of drug-likeness (QED) is 0.698. The molecule has 2 N–H and O–H groups in total. The van der Waals surface area contributed by atoms with Crippen molar-refractivity contribution >= 4 is 11.3 Å². The lowest BCUT2D eigenvalue weighted by molar-refractivity contribution is -0.116. The van der Waals surface area contributed by atoms with Gasteiger partial charge in [0, 0.05) is 44.6 Å². The molecule has 0 fully saturated rings. The number of likely N-dealkylation sites (N-methyl/N-ethyl adjacent to an activating group) is 1. The van der Waals surface area contributed by atoms with E-state index in [0.29, 0.717) is 6.54 Å². The molecule has 0 saturated heterocycles. The Labute approximate surface area is 114 Å². The van der Waals surface area contributed by atoms with Gasteiger partial charge in [0.2, 0.25) is 0 Å². The van der Waals surface area contributed by atoms with E-state index in [4.69, 9.17) is 15.2 Å². The van der Waals surface area contributed by atoms with E-state index < -0.39 is 0 Å². The van der Waals surface area contributed by atoms with E-state index in [1.54, 1.807) is 25.6 Å². The summed E-state index contributed by atoms with van der Waals surface area (Å²) in [6, 6.07) is 4.52. The van der Waals surface area contributed by atoms with Gasteiger partial charge in [-0.15, -0.1) is 11.3 Å². The molecule has 0 spiro atoms. The maximum atomic E-state index is 5.89. The summed E-state index contributed by atoms with van der Waals surface area (Å²) < 4.78 is 10.5. The van der Waals surface area contributed by atoms with Crippen LogP contribution in [0.4, 0.5) is 0 Å². The van der Waals surface area contributed by atoms with E-state index in [1.807, 2.05) is 0 Å². The fourth-order valence-electron chi connectivity index (χ4n) is 2.01. The number of nitrogens with zero attached hydrogens (tertiary/aromatic N) is 1. The molecule has 0 aliphatic rings. The van der Waals surface area contributed by atoms with Crippen molar-refractivity contribution in [2.45, 2.75) is 32.2 Å². The van der Waals surface area contributed by atoms with Gasteiger partial charge >= 0.3 is 0 Å². The monoisotopic (exact) mass is 272 g/mol. The maximum Gasteiger partial charge on any atom is 0.158 e. The smallest absolute Gasteiger partial charge is 0.158 e. The van der Waals surface area contributed by atoms with E-state index in [9.17, 15) is 0 Å². The van der Waals surface area contributed by atoms with Crippen molar-refractivity contribution in [1.29, 1.82) is 0 Å². The highest BCUT2D eigenvalue weighted by atomic mass is 32.1. The molecule has 104 valence electrons. The number of rotatable bonds is 9. The molecule has 0 aromatic carbocycles. The summed E-state index contributed by atoms with van der Waals surface area (Å²) in [5, 5.41) is 2.10. The third kappa shape index (κ3) is 4.66. The molecule has 0 radical (unpaired) electrons. The summed E-state index contributed by atoms with van der Waals surface area (Å²) in [6.45, 7) is 4.68. The van der Waals surface area contributed by atoms with Gasteiger partial charge in [-0.1, -0.05) is 13.0 Å². The molecule has 1 aromatic rings. The third-order valence-electron chi connectivity index (χ3n) is 3.12. The predicted octanol–water partition coefficient (Wildman–Crippen LogP) is 1.91. The van der Waals surface area contributed by atoms with Crippen LogP contribution in [0.5, 0.6) is 0 Å². The standard InChI is InChI=1S/C13H24N2O2S/c1-4-15(10-12-6-5-7-18-12)11(9-14)8-13(16-2)17-3/h5-7,11,13H,4,8-10,14H2,1-3H3. The SMILES string of the molecule is CCN(Cc1cccs1)C(CN)CC(OC)OC. The lowest BCUT2D eigenvalue weighted by Gasteiger charge is -2.31. The molecule has 1 heterocycles. The Morgan fingerprint density at radius 1 is 1.39 bits per heavy atom. The van der Waals surface area contributed by atoms with E-state index in [2.05, 4.69) is 29.3 Å². The van der Waals surface area contributed by atoms with Gasteiger partial charge in [0.05, 0.1) is 0 Å². The minimum atomic E-state index is -0.184. The highest BCUT2D eigenvalue weighted by Crippen LogP contribution is 2.16. The summed E-state index contributed by atoms with van der Waals surface area (Å²) in [7, 11) is 3.33. The van der Waals surface area contributed by atoms with Crippen molar-refractivity contribution < 1.29 is 9.47 Å². The summed E-state index contributed by atoms with van der Waals surface area (Å²) in [4.78, 5) is 3.73. The second kappa shape index (κ2) is 8.61. The summed E-state index contributed by atoms with van der Waals surface area (Å²) >= 11 is 1.78.